The first-order valence-corrected chi connectivity index (χ1v) is 39.2. The van der Waals surface area contributed by atoms with E-state index in [0.717, 1.165) is 45.2 Å². The van der Waals surface area contributed by atoms with Crippen molar-refractivity contribution in [2.45, 2.75) is 0 Å². The van der Waals surface area contributed by atoms with Crippen LogP contribution in [0.2, 0.25) is 0 Å². The van der Waals surface area contributed by atoms with Gasteiger partial charge in [0.15, 0.2) is 0 Å². The van der Waals surface area contributed by atoms with Gasteiger partial charge >= 0.3 is 0 Å². The van der Waals surface area contributed by atoms with Crippen molar-refractivity contribution in [3.63, 3.8) is 0 Å². The molecule has 24 aromatic rings. The molecule has 24 rings (SSSR count). The standard InChI is InChI=1S/2C54H35N3/c1-3-15-36(16-4-1)38-31-39(37-17-5-2-6-18-37)33-42(32-38)57-53-29-27-40(55-49-23-11-7-19-43(49)44-20-8-12-24-50(44)55)34-47(53)48-35-41(28-30-54(48)57)56-51-25-13-9-21-45(51)46-22-10-14-26-52(46)56;1-2-13-36(14-3-1)37-25-27-38(28-26-37)39-15-12-16-40(33-39)55-53-31-29-41(56-49-21-8-4-17-43(49)44-18-5-9-22-50(44)56)34-47(53)48-35-42(30-32-54(48)55)57-51-23-10-6-19-45(51)46-20-7-11-24-52(46)57/h2*1-35H. The Morgan fingerprint density at radius 2 is 0.289 bits per heavy atom. The summed E-state index contributed by atoms with van der Waals surface area (Å²) in [6.45, 7) is 0. The van der Waals surface area contributed by atoms with E-state index in [0.29, 0.717) is 0 Å². The third kappa shape index (κ3) is 10.4. The molecule has 0 amide bonds. The summed E-state index contributed by atoms with van der Waals surface area (Å²) in [6.07, 6.45) is 0. The topological polar surface area (TPSA) is 29.6 Å². The summed E-state index contributed by atoms with van der Waals surface area (Å²) < 4.78 is 14.6. The molecule has 0 atom stereocenters. The molecule has 0 spiro atoms. The van der Waals surface area contributed by atoms with E-state index in [2.05, 4.69) is 452 Å². The van der Waals surface area contributed by atoms with Gasteiger partial charge in [-0.3, -0.25) is 0 Å². The lowest BCUT2D eigenvalue weighted by Gasteiger charge is -2.15. The first-order valence-electron chi connectivity index (χ1n) is 39.2. The average Bonchev–Trinajstić information content (AvgIpc) is 1.56. The normalized spacial score (nSPS) is 11.9. The number of fused-ring (bicyclic) bond motifs is 18. The van der Waals surface area contributed by atoms with E-state index in [1.54, 1.807) is 0 Å². The van der Waals surface area contributed by atoms with Crippen LogP contribution < -0.4 is 0 Å². The fraction of sp³-hybridized carbons (Fsp3) is 0. The van der Waals surface area contributed by atoms with Crippen molar-refractivity contribution in [3.05, 3.63) is 425 Å². The minimum atomic E-state index is 1.13. The molecule has 532 valence electrons. The molecule has 0 bridgehead atoms. The zero-order chi connectivity index (χ0) is 74.9. The van der Waals surface area contributed by atoms with E-state index in [9.17, 15) is 0 Å². The molecular weight excluding hydrogens is 1380 g/mol. The molecule has 6 heteroatoms. The monoisotopic (exact) mass is 1450 g/mol. The van der Waals surface area contributed by atoms with Gasteiger partial charge in [-0.05, 0) is 196 Å². The summed E-state index contributed by atoms with van der Waals surface area (Å²) in [6, 6.07) is 155. The smallest absolute Gasteiger partial charge is 0.0542 e. The van der Waals surface area contributed by atoms with Crippen LogP contribution in [0.15, 0.2) is 425 Å². The molecule has 18 aromatic carbocycles. The van der Waals surface area contributed by atoms with Crippen LogP contribution in [0.25, 0.3) is 209 Å². The first kappa shape index (κ1) is 64.7. The minimum absolute atomic E-state index is 1.13. The molecule has 0 fully saturated rings. The van der Waals surface area contributed by atoms with Crippen LogP contribution in [0.3, 0.4) is 0 Å². The SMILES string of the molecule is c1ccc(-c2cc(-c3ccccc3)cc(-n3c4ccc(-n5c6ccccc6c6ccccc65)cc4c4cc(-n5c6ccccc6c6ccccc65)ccc43)c2)cc1.c1ccc(-c2ccc(-c3cccc(-n4c5ccc(-n6c7ccccc7c7ccccc76)cc5c5cc(-n6c7ccccc7c7ccccc76)ccc54)c3)cc2)cc1. The Bertz CT molecular complexity index is 7350. The van der Waals surface area contributed by atoms with Crippen LogP contribution in [0.4, 0.5) is 0 Å². The minimum Gasteiger partial charge on any atom is -0.309 e. The second-order valence-corrected chi connectivity index (χ2v) is 29.9. The van der Waals surface area contributed by atoms with Gasteiger partial charge in [0.05, 0.1) is 66.2 Å². The molecule has 0 N–H and O–H groups in total. The molecular formula is C108H70N6. The Labute approximate surface area is 657 Å². The lowest BCUT2D eigenvalue weighted by atomic mass is 9.98. The second kappa shape index (κ2) is 26.2. The van der Waals surface area contributed by atoms with Crippen molar-refractivity contribution < 1.29 is 0 Å². The highest BCUT2D eigenvalue weighted by Gasteiger charge is 2.23. The van der Waals surface area contributed by atoms with Gasteiger partial charge in [0, 0.05) is 98.8 Å². The predicted molar refractivity (Wildman–Crippen MR) is 481 cm³/mol. The highest BCUT2D eigenvalue weighted by atomic mass is 15.0. The summed E-state index contributed by atoms with van der Waals surface area (Å²) in [5, 5.41) is 14.9. The number of hydrogen-bond donors (Lipinski definition) is 0. The quantitative estimate of drug-likeness (QED) is 0.131. The van der Waals surface area contributed by atoms with E-state index in [1.807, 2.05) is 0 Å². The molecule has 0 aliphatic carbocycles. The van der Waals surface area contributed by atoms with Gasteiger partial charge in [0.25, 0.3) is 0 Å². The molecule has 0 saturated carbocycles. The molecule has 6 heterocycles. The summed E-state index contributed by atoms with van der Waals surface area (Å²) >= 11 is 0. The Morgan fingerprint density at radius 3 is 0.570 bits per heavy atom. The lowest BCUT2D eigenvalue weighted by Crippen LogP contribution is -1.97. The maximum atomic E-state index is 2.47. The molecule has 0 unspecified atom stereocenters. The van der Waals surface area contributed by atoms with Crippen molar-refractivity contribution >= 4 is 131 Å². The zero-order valence-electron chi connectivity index (χ0n) is 62.1. The van der Waals surface area contributed by atoms with Gasteiger partial charge in [0.2, 0.25) is 0 Å². The van der Waals surface area contributed by atoms with Crippen LogP contribution in [0, 0.1) is 0 Å². The number of rotatable bonds is 10. The van der Waals surface area contributed by atoms with Crippen LogP contribution in [0.5, 0.6) is 0 Å². The number of nitrogens with zero attached hydrogens (tertiary/aromatic N) is 6. The lowest BCUT2D eigenvalue weighted by molar-refractivity contribution is 1.16. The Morgan fingerprint density at radius 1 is 0.0965 bits per heavy atom. The highest BCUT2D eigenvalue weighted by molar-refractivity contribution is 6.17. The number of hydrogen-bond acceptors (Lipinski definition) is 0. The zero-order valence-corrected chi connectivity index (χ0v) is 62.1. The number of aromatic nitrogens is 6. The van der Waals surface area contributed by atoms with Crippen molar-refractivity contribution in [2.75, 3.05) is 0 Å². The third-order valence-corrected chi connectivity index (χ3v) is 23.6. The number of benzene rings is 18. The van der Waals surface area contributed by atoms with Crippen molar-refractivity contribution in [1.82, 2.24) is 27.4 Å². The summed E-state index contributed by atoms with van der Waals surface area (Å²) in [4.78, 5) is 0. The maximum absolute atomic E-state index is 2.47. The van der Waals surface area contributed by atoms with Gasteiger partial charge in [-0.25, -0.2) is 0 Å². The first-order chi connectivity index (χ1) is 56.6. The van der Waals surface area contributed by atoms with Gasteiger partial charge in [-0.15, -0.1) is 0 Å². The molecule has 0 saturated heterocycles. The summed E-state index contributed by atoms with van der Waals surface area (Å²) in [7, 11) is 0. The molecule has 0 radical (unpaired) electrons. The van der Waals surface area contributed by atoms with Crippen LogP contribution >= 0.6 is 0 Å². The largest absolute Gasteiger partial charge is 0.309 e. The van der Waals surface area contributed by atoms with Crippen LogP contribution in [-0.2, 0) is 0 Å². The van der Waals surface area contributed by atoms with E-state index in [4.69, 9.17) is 0 Å². The number of para-hydroxylation sites is 8. The second-order valence-electron chi connectivity index (χ2n) is 29.9. The fourth-order valence-electron chi connectivity index (χ4n) is 18.6. The molecule has 6 aromatic heterocycles. The van der Waals surface area contributed by atoms with Crippen molar-refractivity contribution in [3.8, 4) is 78.6 Å². The van der Waals surface area contributed by atoms with Gasteiger partial charge < -0.3 is 27.4 Å². The maximum Gasteiger partial charge on any atom is 0.0542 e. The Kier molecular flexibility index (Phi) is 14.9. The van der Waals surface area contributed by atoms with Gasteiger partial charge in [0.1, 0.15) is 0 Å². The predicted octanol–water partition coefficient (Wildman–Crippen LogP) is 28.6. The van der Waals surface area contributed by atoms with Gasteiger partial charge in [-0.1, -0.05) is 273 Å². The molecule has 114 heavy (non-hydrogen) atoms. The van der Waals surface area contributed by atoms with Crippen LogP contribution in [0.1, 0.15) is 0 Å². The fourth-order valence-corrected chi connectivity index (χ4v) is 18.6. The van der Waals surface area contributed by atoms with Crippen LogP contribution in [-0.4, -0.2) is 27.4 Å². The molecule has 6 nitrogen and oxygen atoms in total. The van der Waals surface area contributed by atoms with E-state index in [-0.39, 0.29) is 0 Å². The van der Waals surface area contributed by atoms with Crippen molar-refractivity contribution in [1.29, 1.82) is 0 Å². The van der Waals surface area contributed by atoms with E-state index in [1.165, 1.54) is 164 Å². The Hall–Kier alpha value is -15.2. The Balaban J connectivity index is 0.000000135. The third-order valence-electron chi connectivity index (χ3n) is 23.6. The molecule has 0 aliphatic rings. The van der Waals surface area contributed by atoms with E-state index >= 15 is 0 Å². The van der Waals surface area contributed by atoms with E-state index < -0.39 is 0 Å². The average molecular weight is 1450 g/mol. The summed E-state index contributed by atoms with van der Waals surface area (Å²) in [5.74, 6) is 0. The van der Waals surface area contributed by atoms with Gasteiger partial charge in [-0.2, -0.15) is 0 Å². The summed E-state index contributed by atoms with van der Waals surface area (Å²) in [5.41, 5.74) is 30.7. The van der Waals surface area contributed by atoms with Crippen molar-refractivity contribution in [2.24, 2.45) is 0 Å². The molecule has 0 aliphatic heterocycles. The highest BCUT2D eigenvalue weighted by Crippen LogP contribution is 2.45.